The van der Waals surface area contributed by atoms with Crippen LogP contribution in [0.3, 0.4) is 0 Å². The lowest BCUT2D eigenvalue weighted by Crippen LogP contribution is -2.05. The molecule has 3 aromatic rings. The summed E-state index contributed by atoms with van der Waals surface area (Å²) in [6.07, 6.45) is 8.51. The Morgan fingerprint density at radius 3 is 1.71 bits per heavy atom. The molecule has 1 aliphatic heterocycles. The molecule has 162 valence electrons. The van der Waals surface area contributed by atoms with Crippen LogP contribution in [0.25, 0.3) is 11.4 Å². The molecule has 0 saturated carbocycles. The van der Waals surface area contributed by atoms with Crippen molar-refractivity contribution in [1.29, 1.82) is 0 Å². The monoisotopic (exact) mass is 424 g/mol. The van der Waals surface area contributed by atoms with Crippen molar-refractivity contribution in [2.24, 2.45) is 0 Å². The second-order valence-corrected chi connectivity index (χ2v) is 7.42. The van der Waals surface area contributed by atoms with E-state index in [9.17, 15) is 9.59 Å². The van der Waals surface area contributed by atoms with Crippen molar-refractivity contribution in [2.75, 3.05) is 0 Å². The second-order valence-electron chi connectivity index (χ2n) is 7.42. The van der Waals surface area contributed by atoms with Gasteiger partial charge in [0.2, 0.25) is 0 Å². The minimum absolute atomic E-state index is 0.0903. The Kier molecular flexibility index (Phi) is 6.65. The molecule has 0 fully saturated rings. The first-order valence-electron chi connectivity index (χ1n) is 10.4. The van der Waals surface area contributed by atoms with Gasteiger partial charge in [-0.25, -0.2) is 9.36 Å². The number of cyclic esters (lactones) is 2. The Labute approximate surface area is 179 Å². The summed E-state index contributed by atoms with van der Waals surface area (Å²) in [7, 11) is 0. The molecule has 2 aromatic heterocycles. The van der Waals surface area contributed by atoms with Crippen molar-refractivity contribution in [2.45, 2.75) is 58.2 Å². The topological polar surface area (TPSA) is 114 Å². The molecule has 0 aliphatic carbocycles. The molecule has 0 unspecified atom stereocenters. The number of aromatic nitrogens is 6. The van der Waals surface area contributed by atoms with E-state index in [1.54, 1.807) is 21.8 Å². The highest BCUT2D eigenvalue weighted by molar-refractivity contribution is 5.69. The van der Waals surface area contributed by atoms with Gasteiger partial charge < -0.3 is 9.47 Å². The highest BCUT2D eigenvalue weighted by Crippen LogP contribution is 2.15. The lowest BCUT2D eigenvalue weighted by atomic mass is 10.1. The van der Waals surface area contributed by atoms with Crippen LogP contribution in [0.15, 0.2) is 36.7 Å². The van der Waals surface area contributed by atoms with Gasteiger partial charge in [-0.05, 0) is 31.0 Å². The van der Waals surface area contributed by atoms with Crippen molar-refractivity contribution >= 4 is 11.9 Å². The highest BCUT2D eigenvalue weighted by atomic mass is 16.5. The smallest absolute Gasteiger partial charge is 0.306 e. The van der Waals surface area contributed by atoms with Crippen LogP contribution in [0.5, 0.6) is 0 Å². The molecule has 10 nitrogen and oxygen atoms in total. The number of hydrogen-bond donors (Lipinski definition) is 0. The van der Waals surface area contributed by atoms with Crippen LogP contribution in [-0.4, -0.2) is 41.9 Å². The largest absolute Gasteiger partial charge is 0.459 e. The quantitative estimate of drug-likeness (QED) is 0.506. The minimum atomic E-state index is -0.246. The van der Waals surface area contributed by atoms with Crippen molar-refractivity contribution in [3.63, 3.8) is 0 Å². The van der Waals surface area contributed by atoms with E-state index in [2.05, 4.69) is 20.6 Å². The molecule has 6 bridgehead atoms. The van der Waals surface area contributed by atoms with Crippen LogP contribution in [-0.2, 0) is 32.3 Å². The van der Waals surface area contributed by atoms with Crippen LogP contribution >= 0.6 is 0 Å². The summed E-state index contributed by atoms with van der Waals surface area (Å²) in [5.74, 6) is -0.492. The van der Waals surface area contributed by atoms with Gasteiger partial charge in [-0.1, -0.05) is 35.8 Å². The first-order chi connectivity index (χ1) is 15.2. The summed E-state index contributed by atoms with van der Waals surface area (Å²) in [6, 6.07) is 7.50. The number of fused-ring (bicyclic) bond motifs is 8. The van der Waals surface area contributed by atoms with Crippen LogP contribution in [0.4, 0.5) is 0 Å². The molecular weight excluding hydrogens is 400 g/mol. The standard InChI is InChI=1S/C21H24N6O4/c28-20-9-4-2-1-3-5-10-21(29)31-15-17-13-27(25-23-17)19-8-6-7-18(11-19)26-12-16(14-30-20)22-24-26/h6-8,11-13H,1-5,9-10,14-15H2. The highest BCUT2D eigenvalue weighted by Gasteiger charge is 2.11. The number of benzene rings is 1. The summed E-state index contributed by atoms with van der Waals surface area (Å²) in [6.45, 7) is 0.181. The van der Waals surface area contributed by atoms with Gasteiger partial charge >= 0.3 is 11.9 Å². The molecular formula is C21H24N6O4. The van der Waals surface area contributed by atoms with Crippen molar-refractivity contribution in [3.8, 4) is 11.4 Å². The first-order valence-corrected chi connectivity index (χ1v) is 10.4. The van der Waals surface area contributed by atoms with Crippen LogP contribution in [0.1, 0.15) is 56.3 Å². The van der Waals surface area contributed by atoms with Crippen LogP contribution in [0.2, 0.25) is 0 Å². The Hall–Kier alpha value is -3.56. The van der Waals surface area contributed by atoms with Gasteiger partial charge in [0.25, 0.3) is 0 Å². The van der Waals surface area contributed by atoms with Gasteiger partial charge in [0, 0.05) is 12.8 Å². The summed E-state index contributed by atoms with van der Waals surface area (Å²) in [4.78, 5) is 23.9. The van der Waals surface area contributed by atoms with Gasteiger partial charge in [0.1, 0.15) is 24.6 Å². The Morgan fingerprint density at radius 1 is 0.710 bits per heavy atom. The van der Waals surface area contributed by atoms with E-state index in [0.29, 0.717) is 24.2 Å². The zero-order valence-corrected chi connectivity index (χ0v) is 17.1. The average Bonchev–Trinajstić information content (AvgIpc) is 3.45. The fourth-order valence-electron chi connectivity index (χ4n) is 3.28. The summed E-state index contributed by atoms with van der Waals surface area (Å²) < 4.78 is 13.8. The van der Waals surface area contributed by atoms with Crippen molar-refractivity contribution in [1.82, 2.24) is 30.0 Å². The Balaban J connectivity index is 1.52. The minimum Gasteiger partial charge on any atom is -0.459 e. The molecule has 0 atom stereocenters. The summed E-state index contributed by atoms with van der Waals surface area (Å²) in [5.41, 5.74) is 2.69. The maximum Gasteiger partial charge on any atom is 0.306 e. The van der Waals surface area contributed by atoms with Gasteiger partial charge in [-0.15, -0.1) is 10.2 Å². The maximum absolute atomic E-state index is 11.9. The zero-order valence-electron chi connectivity index (χ0n) is 17.1. The van der Waals surface area contributed by atoms with Gasteiger partial charge in [0.15, 0.2) is 0 Å². The number of carbonyl (C=O) groups excluding carboxylic acids is 2. The molecule has 1 aliphatic rings. The maximum atomic E-state index is 11.9. The van der Waals surface area contributed by atoms with E-state index in [0.717, 1.165) is 43.5 Å². The van der Waals surface area contributed by atoms with E-state index >= 15 is 0 Å². The Bertz CT molecular complexity index is 966. The molecule has 0 amide bonds. The molecule has 0 radical (unpaired) electrons. The van der Waals surface area contributed by atoms with Gasteiger partial charge in [0.05, 0.1) is 23.8 Å². The average molecular weight is 424 g/mol. The fraction of sp³-hybridized carbons (Fsp3) is 0.429. The SMILES string of the molecule is O=C1CCCCCCCC(=O)OCc2cn(nn2)-c2cccc(c2)-n2cc(nn2)CO1. The van der Waals surface area contributed by atoms with E-state index < -0.39 is 0 Å². The van der Waals surface area contributed by atoms with Gasteiger partial charge in [-0.2, -0.15) is 0 Å². The molecule has 10 heteroatoms. The first kappa shape index (κ1) is 20.7. The number of esters is 2. The molecule has 0 spiro atoms. The third-order valence-electron chi connectivity index (χ3n) is 4.96. The normalized spacial score (nSPS) is 16.5. The van der Waals surface area contributed by atoms with Crippen LogP contribution in [0, 0.1) is 0 Å². The third-order valence-corrected chi connectivity index (χ3v) is 4.96. The molecule has 4 rings (SSSR count). The molecule has 1 aromatic carbocycles. The van der Waals surface area contributed by atoms with E-state index in [1.807, 2.05) is 24.3 Å². The number of hydrogen-bond acceptors (Lipinski definition) is 8. The molecule has 3 heterocycles. The van der Waals surface area contributed by atoms with Gasteiger partial charge in [-0.3, -0.25) is 9.59 Å². The van der Waals surface area contributed by atoms with Crippen molar-refractivity contribution in [3.05, 3.63) is 48.0 Å². The predicted octanol–water partition coefficient (Wildman–Crippen LogP) is 2.68. The number of rotatable bonds is 0. The van der Waals surface area contributed by atoms with E-state index in [-0.39, 0.29) is 25.2 Å². The van der Waals surface area contributed by atoms with E-state index in [4.69, 9.17) is 9.47 Å². The number of ether oxygens (including phenoxy) is 2. The second kappa shape index (κ2) is 9.96. The number of carbonyl (C=O) groups is 2. The number of nitrogens with zero attached hydrogens (tertiary/aromatic N) is 6. The fourth-order valence-corrected chi connectivity index (χ4v) is 3.28. The predicted molar refractivity (Wildman–Crippen MR) is 108 cm³/mol. The van der Waals surface area contributed by atoms with Crippen molar-refractivity contribution < 1.29 is 19.1 Å². The zero-order chi connectivity index (χ0) is 21.5. The molecule has 31 heavy (non-hydrogen) atoms. The van der Waals surface area contributed by atoms with Crippen LogP contribution < -0.4 is 0 Å². The third kappa shape index (κ3) is 5.74. The molecule has 0 N–H and O–H groups in total. The molecule has 0 saturated heterocycles. The lowest BCUT2D eigenvalue weighted by Gasteiger charge is -2.05. The van der Waals surface area contributed by atoms with E-state index in [1.165, 1.54) is 0 Å². The summed E-state index contributed by atoms with van der Waals surface area (Å²) >= 11 is 0. The Morgan fingerprint density at radius 2 is 1.19 bits per heavy atom. The summed E-state index contributed by atoms with van der Waals surface area (Å²) in [5, 5.41) is 16.4. The lowest BCUT2D eigenvalue weighted by molar-refractivity contribution is -0.146.